The Labute approximate surface area is 199 Å². The van der Waals surface area contributed by atoms with Gasteiger partial charge in [0.2, 0.25) is 0 Å². The molecule has 0 radical (unpaired) electrons. The molecule has 8 nitrogen and oxygen atoms in total. The van der Waals surface area contributed by atoms with Gasteiger partial charge in [0.15, 0.2) is 21.3 Å². The predicted molar refractivity (Wildman–Crippen MR) is 135 cm³/mol. The van der Waals surface area contributed by atoms with Crippen LogP contribution in [0.4, 0.5) is 17.1 Å². The monoisotopic (exact) mass is 476 g/mol. The number of piperazine rings is 1. The molecule has 2 aromatic carbocycles. The molecule has 0 atom stereocenters. The number of nitrogens with zero attached hydrogens (tertiary/aromatic N) is 5. The third-order valence-electron chi connectivity index (χ3n) is 6.10. The Bertz CT molecular complexity index is 1420. The molecule has 0 aliphatic carbocycles. The molecule has 0 unspecified atom stereocenters. The zero-order valence-electron chi connectivity index (χ0n) is 19.3. The number of benzene rings is 2. The van der Waals surface area contributed by atoms with Crippen molar-refractivity contribution >= 4 is 32.5 Å². The SMILES string of the molecule is CN1CCN(c2cccc(Cc3nc4c(Nc5ccccc5S(C)(=O)=O)cccn4n3)c2)CC1. The van der Waals surface area contributed by atoms with E-state index < -0.39 is 9.84 Å². The summed E-state index contributed by atoms with van der Waals surface area (Å²) in [7, 11) is -1.21. The lowest BCUT2D eigenvalue weighted by Gasteiger charge is -2.34. The highest BCUT2D eigenvalue weighted by Crippen LogP contribution is 2.27. The van der Waals surface area contributed by atoms with E-state index in [9.17, 15) is 8.42 Å². The van der Waals surface area contributed by atoms with Crippen LogP contribution < -0.4 is 10.2 Å². The van der Waals surface area contributed by atoms with Crippen molar-refractivity contribution < 1.29 is 8.42 Å². The minimum Gasteiger partial charge on any atom is -0.369 e. The molecule has 0 bridgehead atoms. The largest absolute Gasteiger partial charge is 0.369 e. The summed E-state index contributed by atoms with van der Waals surface area (Å²) in [6.45, 7) is 4.18. The van der Waals surface area contributed by atoms with Gasteiger partial charge in [-0.15, -0.1) is 0 Å². The number of para-hydroxylation sites is 1. The Morgan fingerprint density at radius 2 is 1.71 bits per heavy atom. The Morgan fingerprint density at radius 1 is 0.941 bits per heavy atom. The second-order valence-electron chi connectivity index (χ2n) is 8.75. The van der Waals surface area contributed by atoms with E-state index in [1.807, 2.05) is 18.3 Å². The summed E-state index contributed by atoms with van der Waals surface area (Å²) in [5.41, 5.74) is 4.25. The van der Waals surface area contributed by atoms with Crippen LogP contribution in [-0.4, -0.2) is 67.4 Å². The topological polar surface area (TPSA) is 82.8 Å². The standard InChI is InChI=1S/C25H28N6O2S/c1-29-13-15-30(16-14-29)20-8-5-7-19(17-20)18-24-27-25-22(10-6-12-31(25)28-24)26-21-9-3-4-11-23(21)34(2,32)33/h3-12,17,26H,13-16,18H2,1-2H3. The third kappa shape index (κ3) is 4.76. The van der Waals surface area contributed by atoms with Gasteiger partial charge in [-0.25, -0.2) is 17.9 Å². The van der Waals surface area contributed by atoms with Crippen LogP contribution in [0, 0.1) is 0 Å². The number of sulfone groups is 1. The van der Waals surface area contributed by atoms with Crippen molar-refractivity contribution in [3.63, 3.8) is 0 Å². The number of hydrogen-bond acceptors (Lipinski definition) is 7. The number of nitrogens with one attached hydrogen (secondary N) is 1. The van der Waals surface area contributed by atoms with Gasteiger partial charge in [0, 0.05) is 50.7 Å². The van der Waals surface area contributed by atoms with Gasteiger partial charge in [0.1, 0.15) is 0 Å². The normalized spacial score (nSPS) is 15.1. The van der Waals surface area contributed by atoms with Gasteiger partial charge in [0.25, 0.3) is 0 Å². The third-order valence-corrected chi connectivity index (χ3v) is 7.26. The van der Waals surface area contributed by atoms with Gasteiger partial charge in [-0.2, -0.15) is 5.10 Å². The summed E-state index contributed by atoms with van der Waals surface area (Å²) in [5.74, 6) is 0.709. The molecular formula is C25H28N6O2S. The zero-order valence-corrected chi connectivity index (χ0v) is 20.2. The number of aromatic nitrogens is 3. The smallest absolute Gasteiger partial charge is 0.179 e. The van der Waals surface area contributed by atoms with Gasteiger partial charge in [-0.1, -0.05) is 24.3 Å². The summed E-state index contributed by atoms with van der Waals surface area (Å²) < 4.78 is 26.1. The van der Waals surface area contributed by atoms with Crippen LogP contribution in [-0.2, 0) is 16.3 Å². The number of fused-ring (bicyclic) bond motifs is 1. The van der Waals surface area contributed by atoms with Crippen molar-refractivity contribution in [3.05, 3.63) is 78.2 Å². The van der Waals surface area contributed by atoms with E-state index >= 15 is 0 Å². The summed E-state index contributed by atoms with van der Waals surface area (Å²) in [4.78, 5) is 9.78. The van der Waals surface area contributed by atoms with Crippen LogP contribution in [0.3, 0.4) is 0 Å². The molecule has 0 spiro atoms. The molecule has 34 heavy (non-hydrogen) atoms. The first-order valence-corrected chi connectivity index (χ1v) is 13.2. The van der Waals surface area contributed by atoms with E-state index in [0.29, 0.717) is 29.3 Å². The zero-order chi connectivity index (χ0) is 23.7. The van der Waals surface area contributed by atoms with Crippen molar-refractivity contribution in [2.75, 3.05) is 49.7 Å². The van der Waals surface area contributed by atoms with Crippen LogP contribution in [0.2, 0.25) is 0 Å². The average molecular weight is 477 g/mol. The van der Waals surface area contributed by atoms with Gasteiger partial charge in [0.05, 0.1) is 16.3 Å². The molecule has 1 aliphatic heterocycles. The van der Waals surface area contributed by atoms with E-state index in [0.717, 1.165) is 31.7 Å². The van der Waals surface area contributed by atoms with Crippen molar-refractivity contribution in [1.82, 2.24) is 19.5 Å². The van der Waals surface area contributed by atoms with Crippen molar-refractivity contribution in [2.45, 2.75) is 11.3 Å². The first-order valence-electron chi connectivity index (χ1n) is 11.3. The summed E-state index contributed by atoms with van der Waals surface area (Å²) in [5, 5.41) is 7.90. The van der Waals surface area contributed by atoms with E-state index in [2.05, 4.69) is 51.5 Å². The van der Waals surface area contributed by atoms with E-state index in [-0.39, 0.29) is 4.90 Å². The highest BCUT2D eigenvalue weighted by Gasteiger charge is 2.17. The fraction of sp³-hybridized carbons (Fsp3) is 0.280. The highest BCUT2D eigenvalue weighted by molar-refractivity contribution is 7.90. The summed E-state index contributed by atoms with van der Waals surface area (Å²) in [6.07, 6.45) is 3.67. The minimum atomic E-state index is -3.37. The number of rotatable bonds is 6. The van der Waals surface area contributed by atoms with Crippen LogP contribution in [0.15, 0.2) is 71.8 Å². The second kappa shape index (κ2) is 9.08. The molecule has 176 valence electrons. The van der Waals surface area contributed by atoms with Crippen LogP contribution in [0.25, 0.3) is 5.65 Å². The Balaban J connectivity index is 1.40. The first kappa shape index (κ1) is 22.4. The lowest BCUT2D eigenvalue weighted by Crippen LogP contribution is -2.44. The molecule has 4 aromatic rings. The average Bonchev–Trinajstić information content (AvgIpc) is 3.23. The van der Waals surface area contributed by atoms with Gasteiger partial charge in [-0.05, 0) is 49.0 Å². The molecule has 1 aliphatic rings. The molecule has 1 N–H and O–H groups in total. The molecular weight excluding hydrogens is 448 g/mol. The molecule has 2 aromatic heterocycles. The molecule has 9 heteroatoms. The molecule has 5 rings (SSSR count). The molecule has 1 saturated heterocycles. The fourth-order valence-electron chi connectivity index (χ4n) is 4.27. The maximum Gasteiger partial charge on any atom is 0.179 e. The van der Waals surface area contributed by atoms with Gasteiger partial charge < -0.3 is 15.1 Å². The summed E-state index contributed by atoms with van der Waals surface area (Å²) >= 11 is 0. The fourth-order valence-corrected chi connectivity index (χ4v) is 5.12. The van der Waals surface area contributed by atoms with Crippen molar-refractivity contribution in [1.29, 1.82) is 0 Å². The number of anilines is 3. The molecule has 0 saturated carbocycles. The highest BCUT2D eigenvalue weighted by atomic mass is 32.2. The number of hydrogen-bond donors (Lipinski definition) is 1. The predicted octanol–water partition coefficient (Wildman–Crippen LogP) is 3.22. The van der Waals surface area contributed by atoms with Crippen LogP contribution in [0.5, 0.6) is 0 Å². The quantitative estimate of drug-likeness (QED) is 0.458. The van der Waals surface area contributed by atoms with Crippen molar-refractivity contribution in [3.8, 4) is 0 Å². The molecule has 1 fully saturated rings. The van der Waals surface area contributed by atoms with E-state index in [4.69, 9.17) is 4.98 Å². The maximum atomic E-state index is 12.2. The Hall–Kier alpha value is -3.43. The molecule has 0 amide bonds. The minimum absolute atomic E-state index is 0.248. The van der Waals surface area contributed by atoms with Crippen LogP contribution in [0.1, 0.15) is 11.4 Å². The first-order chi connectivity index (χ1) is 16.4. The second-order valence-corrected chi connectivity index (χ2v) is 10.7. The van der Waals surface area contributed by atoms with Crippen molar-refractivity contribution in [2.24, 2.45) is 0 Å². The van der Waals surface area contributed by atoms with Gasteiger partial charge in [-0.3, -0.25) is 0 Å². The van der Waals surface area contributed by atoms with Crippen LogP contribution >= 0.6 is 0 Å². The number of pyridine rings is 1. The Morgan fingerprint density at radius 3 is 2.50 bits per heavy atom. The van der Waals surface area contributed by atoms with E-state index in [1.165, 1.54) is 11.9 Å². The van der Waals surface area contributed by atoms with Gasteiger partial charge >= 0.3 is 0 Å². The number of likely N-dealkylation sites (N-methyl/N-ethyl adjacent to an activating group) is 1. The lowest BCUT2D eigenvalue weighted by molar-refractivity contribution is 0.313. The Kier molecular flexibility index (Phi) is 5.97. The summed E-state index contributed by atoms with van der Waals surface area (Å²) in [6, 6.07) is 19.2. The maximum absolute atomic E-state index is 12.2. The molecule has 3 heterocycles. The lowest BCUT2D eigenvalue weighted by atomic mass is 10.1. The van der Waals surface area contributed by atoms with E-state index in [1.54, 1.807) is 28.8 Å².